The lowest BCUT2D eigenvalue weighted by molar-refractivity contribution is -0.389. The maximum Gasteiger partial charge on any atom is 0.321 e. The zero-order chi connectivity index (χ0) is 13.1. The predicted molar refractivity (Wildman–Crippen MR) is 72.7 cm³/mol. The van der Waals surface area contributed by atoms with Crippen LogP contribution in [0.15, 0.2) is 12.1 Å². The van der Waals surface area contributed by atoms with Crippen molar-refractivity contribution in [3.63, 3.8) is 0 Å². The number of nitrogens with zero attached hydrogens (tertiary/aromatic N) is 2. The molecule has 0 saturated carbocycles. The molecule has 1 fully saturated rings. The summed E-state index contributed by atoms with van der Waals surface area (Å²) in [4.78, 5) is 26.3. The summed E-state index contributed by atoms with van der Waals surface area (Å²) >= 11 is 0. The first-order chi connectivity index (χ1) is 8.59. The number of nitro groups is 1. The zero-order valence-electron chi connectivity index (χ0n) is 10.6. The molecule has 2 heterocycles. The highest BCUT2D eigenvalue weighted by Crippen LogP contribution is 2.16. The van der Waals surface area contributed by atoms with E-state index >= 15 is 0 Å². The van der Waals surface area contributed by atoms with E-state index in [1.54, 1.807) is 11.9 Å². The molecular formula is C11H17ClN4O3. The van der Waals surface area contributed by atoms with E-state index in [0.717, 1.165) is 25.9 Å². The number of aromatic nitrogens is 1. The SMILES string of the molecule is CN(C(=O)c1ccc([N+](=O)[O-])[nH]1)C1CCNCC1.Cl. The number of aromatic amines is 1. The highest BCUT2D eigenvalue weighted by atomic mass is 35.5. The minimum absolute atomic E-state index is 0. The van der Waals surface area contributed by atoms with Crippen molar-refractivity contribution < 1.29 is 9.72 Å². The number of hydrogen-bond acceptors (Lipinski definition) is 4. The lowest BCUT2D eigenvalue weighted by Crippen LogP contribution is -2.44. The maximum atomic E-state index is 12.1. The standard InChI is InChI=1S/C11H16N4O3.ClH/c1-14(8-4-6-12-7-5-8)11(16)9-2-3-10(13-9)15(17)18;/h2-3,8,12-13H,4-7H2,1H3;1H. The lowest BCUT2D eigenvalue weighted by atomic mass is 10.1. The maximum absolute atomic E-state index is 12.1. The molecular weight excluding hydrogens is 272 g/mol. The number of halogens is 1. The molecule has 0 radical (unpaired) electrons. The second kappa shape index (κ2) is 6.53. The minimum atomic E-state index is -0.540. The van der Waals surface area contributed by atoms with Crippen LogP contribution in [-0.2, 0) is 0 Å². The number of piperidine rings is 1. The van der Waals surface area contributed by atoms with Gasteiger partial charge in [0.25, 0.3) is 5.91 Å². The third-order valence-corrected chi connectivity index (χ3v) is 3.27. The van der Waals surface area contributed by atoms with Gasteiger partial charge in [-0.15, -0.1) is 12.4 Å². The second-order valence-corrected chi connectivity index (χ2v) is 4.41. The van der Waals surface area contributed by atoms with Crippen molar-refractivity contribution in [2.45, 2.75) is 18.9 Å². The van der Waals surface area contributed by atoms with E-state index in [-0.39, 0.29) is 35.9 Å². The Balaban J connectivity index is 0.00000180. The van der Waals surface area contributed by atoms with Crippen LogP contribution < -0.4 is 5.32 Å². The molecule has 19 heavy (non-hydrogen) atoms. The van der Waals surface area contributed by atoms with Crippen molar-refractivity contribution in [1.82, 2.24) is 15.2 Å². The van der Waals surface area contributed by atoms with Crippen molar-refractivity contribution in [3.8, 4) is 0 Å². The van der Waals surface area contributed by atoms with Crippen molar-refractivity contribution in [2.24, 2.45) is 0 Å². The molecule has 0 unspecified atom stereocenters. The van der Waals surface area contributed by atoms with Crippen LogP contribution in [0.5, 0.6) is 0 Å². The number of hydrogen-bond donors (Lipinski definition) is 2. The van der Waals surface area contributed by atoms with Gasteiger partial charge in [0.15, 0.2) is 5.69 Å². The van der Waals surface area contributed by atoms with Gasteiger partial charge in [-0.1, -0.05) is 0 Å². The largest absolute Gasteiger partial charge is 0.358 e. The molecule has 1 saturated heterocycles. The summed E-state index contributed by atoms with van der Waals surface area (Å²) in [5, 5.41) is 13.8. The Morgan fingerprint density at radius 1 is 1.42 bits per heavy atom. The summed E-state index contributed by atoms with van der Waals surface area (Å²) in [7, 11) is 1.74. The Hall–Kier alpha value is -1.60. The zero-order valence-corrected chi connectivity index (χ0v) is 11.4. The summed E-state index contributed by atoms with van der Waals surface area (Å²) in [5.41, 5.74) is 0.266. The Bertz CT molecular complexity index is 457. The highest BCUT2D eigenvalue weighted by Gasteiger charge is 2.25. The third-order valence-electron chi connectivity index (χ3n) is 3.27. The van der Waals surface area contributed by atoms with Gasteiger partial charge in [-0.3, -0.25) is 4.79 Å². The van der Waals surface area contributed by atoms with Crippen molar-refractivity contribution in [1.29, 1.82) is 0 Å². The van der Waals surface area contributed by atoms with Crippen molar-refractivity contribution in [2.75, 3.05) is 20.1 Å². The fourth-order valence-corrected chi connectivity index (χ4v) is 2.16. The summed E-state index contributed by atoms with van der Waals surface area (Å²) in [6.07, 6.45) is 1.82. The molecule has 106 valence electrons. The van der Waals surface area contributed by atoms with Crippen LogP contribution in [0, 0.1) is 10.1 Å². The van der Waals surface area contributed by atoms with E-state index in [0.29, 0.717) is 0 Å². The van der Waals surface area contributed by atoms with E-state index in [4.69, 9.17) is 0 Å². The van der Waals surface area contributed by atoms with Crippen LogP contribution in [0.2, 0.25) is 0 Å². The average Bonchev–Trinajstić information content (AvgIpc) is 2.88. The molecule has 0 aromatic carbocycles. The Morgan fingerprint density at radius 3 is 2.58 bits per heavy atom. The number of rotatable bonds is 3. The van der Waals surface area contributed by atoms with Gasteiger partial charge in [0.05, 0.1) is 0 Å². The summed E-state index contributed by atoms with van der Waals surface area (Å²) < 4.78 is 0. The van der Waals surface area contributed by atoms with Crippen LogP contribution in [-0.4, -0.2) is 46.9 Å². The van der Waals surface area contributed by atoms with Crippen LogP contribution in [0.25, 0.3) is 0 Å². The van der Waals surface area contributed by atoms with Gasteiger partial charge in [0, 0.05) is 19.2 Å². The second-order valence-electron chi connectivity index (χ2n) is 4.41. The molecule has 2 N–H and O–H groups in total. The van der Waals surface area contributed by atoms with Crippen molar-refractivity contribution in [3.05, 3.63) is 27.9 Å². The first kappa shape index (κ1) is 15.5. The molecule has 1 aliphatic heterocycles. The van der Waals surface area contributed by atoms with Crippen molar-refractivity contribution >= 4 is 24.1 Å². The number of H-pyrrole nitrogens is 1. The molecule has 7 nitrogen and oxygen atoms in total. The Morgan fingerprint density at radius 2 is 2.05 bits per heavy atom. The number of amides is 1. The topological polar surface area (TPSA) is 91.3 Å². The molecule has 0 spiro atoms. The summed E-state index contributed by atoms with van der Waals surface area (Å²) in [6, 6.07) is 2.96. The van der Waals surface area contributed by atoms with E-state index in [1.807, 2.05) is 0 Å². The van der Waals surface area contributed by atoms with Crippen LogP contribution in [0.4, 0.5) is 5.82 Å². The van der Waals surface area contributed by atoms with Gasteiger partial charge in [-0.25, -0.2) is 4.98 Å². The predicted octanol–water partition coefficient (Wildman–Crippen LogP) is 1.17. The molecule has 0 aliphatic carbocycles. The fourth-order valence-electron chi connectivity index (χ4n) is 2.16. The quantitative estimate of drug-likeness (QED) is 0.645. The highest BCUT2D eigenvalue weighted by molar-refractivity contribution is 5.92. The average molecular weight is 289 g/mol. The first-order valence-electron chi connectivity index (χ1n) is 5.91. The molecule has 8 heteroatoms. The van der Waals surface area contributed by atoms with Crippen LogP contribution in [0.3, 0.4) is 0 Å². The van der Waals surface area contributed by atoms with Crippen LogP contribution in [0.1, 0.15) is 23.3 Å². The van der Waals surface area contributed by atoms with E-state index in [1.165, 1.54) is 12.1 Å². The third kappa shape index (κ3) is 3.45. The molecule has 1 amide bonds. The first-order valence-corrected chi connectivity index (χ1v) is 5.91. The molecule has 1 aromatic rings. The normalized spacial score (nSPS) is 15.6. The van der Waals surface area contributed by atoms with Crippen LogP contribution >= 0.6 is 12.4 Å². The van der Waals surface area contributed by atoms with Gasteiger partial charge in [-0.05, 0) is 36.9 Å². The number of carbonyl (C=O) groups is 1. The van der Waals surface area contributed by atoms with Gasteiger partial charge in [0.2, 0.25) is 0 Å². The molecule has 1 aromatic heterocycles. The van der Waals surface area contributed by atoms with E-state index in [9.17, 15) is 14.9 Å². The number of carbonyl (C=O) groups excluding carboxylic acids is 1. The van der Waals surface area contributed by atoms with E-state index in [2.05, 4.69) is 10.3 Å². The van der Waals surface area contributed by atoms with E-state index < -0.39 is 4.92 Å². The molecule has 0 bridgehead atoms. The summed E-state index contributed by atoms with van der Waals surface area (Å²) in [5.74, 6) is -0.355. The van der Waals surface area contributed by atoms with Gasteiger partial charge >= 0.3 is 5.82 Å². The van der Waals surface area contributed by atoms with Gasteiger partial charge in [0.1, 0.15) is 0 Å². The van der Waals surface area contributed by atoms with Gasteiger partial charge in [-0.2, -0.15) is 0 Å². The lowest BCUT2D eigenvalue weighted by Gasteiger charge is -2.30. The van der Waals surface area contributed by atoms with Gasteiger partial charge < -0.3 is 20.3 Å². The summed E-state index contributed by atoms with van der Waals surface area (Å²) in [6.45, 7) is 1.79. The minimum Gasteiger partial charge on any atom is -0.358 e. The Labute approximate surface area is 116 Å². The molecule has 1 aliphatic rings. The Kier molecular flexibility index (Phi) is 5.31. The smallest absolute Gasteiger partial charge is 0.321 e. The molecule has 2 rings (SSSR count). The molecule has 0 atom stereocenters. The monoisotopic (exact) mass is 288 g/mol. The fraction of sp³-hybridized carbons (Fsp3) is 0.545. The number of nitrogens with one attached hydrogen (secondary N) is 2.